The van der Waals surface area contributed by atoms with Crippen molar-refractivity contribution < 1.29 is 0 Å². The van der Waals surface area contributed by atoms with Crippen LogP contribution in [0.2, 0.25) is 0 Å². The van der Waals surface area contributed by atoms with Gasteiger partial charge in [-0.05, 0) is 30.9 Å². The van der Waals surface area contributed by atoms with Crippen molar-refractivity contribution >= 4 is 11.8 Å². The highest BCUT2D eigenvalue weighted by Crippen LogP contribution is 2.36. The van der Waals surface area contributed by atoms with Crippen molar-refractivity contribution in [2.75, 3.05) is 5.75 Å². The quantitative estimate of drug-likeness (QED) is 0.826. The molecule has 0 bridgehead atoms. The largest absolute Gasteiger partial charge is 0.344 e. The number of nitrogens with two attached hydrogens (primary N) is 1. The first-order valence-corrected chi connectivity index (χ1v) is 7.76. The van der Waals surface area contributed by atoms with Crippen LogP contribution in [0.5, 0.6) is 0 Å². The lowest BCUT2D eigenvalue weighted by Crippen LogP contribution is -2.17. The molecule has 0 radical (unpaired) electrons. The highest BCUT2D eigenvalue weighted by Gasteiger charge is 2.28. The standard InChI is InChI=1S/C14H18N4OS/c1-9-4-2-3-5-11(9)12(15)8-20-14-17-16-13(19)18(14)10-6-7-10/h2-5,10,12H,6-8,15H2,1H3,(H,16,19). The molecule has 2 aromatic rings. The van der Waals surface area contributed by atoms with Crippen LogP contribution in [-0.2, 0) is 0 Å². The van der Waals surface area contributed by atoms with Gasteiger partial charge in [-0.25, -0.2) is 9.89 Å². The van der Waals surface area contributed by atoms with E-state index < -0.39 is 0 Å². The van der Waals surface area contributed by atoms with Crippen LogP contribution in [-0.4, -0.2) is 20.5 Å². The van der Waals surface area contributed by atoms with Crippen LogP contribution in [0.4, 0.5) is 0 Å². The summed E-state index contributed by atoms with van der Waals surface area (Å²) in [6.45, 7) is 2.06. The van der Waals surface area contributed by atoms with Gasteiger partial charge < -0.3 is 5.73 Å². The molecular weight excluding hydrogens is 272 g/mol. The number of aryl methyl sites for hydroxylation is 1. The van der Waals surface area contributed by atoms with Gasteiger partial charge in [0, 0.05) is 17.8 Å². The Hall–Kier alpha value is -1.53. The van der Waals surface area contributed by atoms with Gasteiger partial charge in [0.05, 0.1) is 0 Å². The number of rotatable bonds is 5. The molecule has 0 spiro atoms. The maximum Gasteiger partial charge on any atom is 0.344 e. The molecule has 1 unspecified atom stereocenters. The predicted molar refractivity (Wildman–Crippen MR) is 80.0 cm³/mol. The number of nitrogens with zero attached hydrogens (tertiary/aromatic N) is 2. The van der Waals surface area contributed by atoms with Gasteiger partial charge in [-0.2, -0.15) is 0 Å². The van der Waals surface area contributed by atoms with Crippen molar-refractivity contribution in [2.24, 2.45) is 5.73 Å². The fourth-order valence-electron chi connectivity index (χ4n) is 2.30. The van der Waals surface area contributed by atoms with Crippen LogP contribution in [0.3, 0.4) is 0 Å². The third kappa shape index (κ3) is 2.66. The topological polar surface area (TPSA) is 76.7 Å². The Kier molecular flexibility index (Phi) is 3.67. The molecular formula is C14H18N4OS. The molecule has 0 saturated heterocycles. The van der Waals surface area contributed by atoms with Crippen LogP contribution >= 0.6 is 11.8 Å². The molecule has 1 saturated carbocycles. The fraction of sp³-hybridized carbons (Fsp3) is 0.429. The zero-order chi connectivity index (χ0) is 14.1. The fourth-order valence-corrected chi connectivity index (χ4v) is 3.29. The Labute approximate surface area is 121 Å². The van der Waals surface area contributed by atoms with Gasteiger partial charge in [0.1, 0.15) is 0 Å². The Bertz CT molecular complexity index is 659. The van der Waals surface area contributed by atoms with Gasteiger partial charge in [0.2, 0.25) is 0 Å². The third-order valence-electron chi connectivity index (χ3n) is 3.56. The number of H-pyrrole nitrogens is 1. The van der Waals surface area contributed by atoms with Gasteiger partial charge in [-0.3, -0.25) is 4.57 Å². The van der Waals surface area contributed by atoms with Gasteiger partial charge in [0.25, 0.3) is 0 Å². The van der Waals surface area contributed by atoms with E-state index in [9.17, 15) is 4.79 Å². The zero-order valence-corrected chi connectivity index (χ0v) is 12.2. The van der Waals surface area contributed by atoms with Crippen LogP contribution in [0, 0.1) is 6.92 Å². The van der Waals surface area contributed by atoms with Crippen LogP contribution < -0.4 is 11.4 Å². The minimum Gasteiger partial charge on any atom is -0.323 e. The first kappa shape index (κ1) is 13.5. The normalized spacial score (nSPS) is 16.3. The Morgan fingerprint density at radius 2 is 2.25 bits per heavy atom. The molecule has 1 fully saturated rings. The molecule has 5 nitrogen and oxygen atoms in total. The number of aromatic nitrogens is 3. The Morgan fingerprint density at radius 1 is 1.50 bits per heavy atom. The molecule has 1 aromatic carbocycles. The van der Waals surface area contributed by atoms with Gasteiger partial charge in [0.15, 0.2) is 5.16 Å². The van der Waals surface area contributed by atoms with Gasteiger partial charge in [-0.15, -0.1) is 5.10 Å². The molecule has 1 heterocycles. The molecule has 3 rings (SSSR count). The smallest absolute Gasteiger partial charge is 0.323 e. The Morgan fingerprint density at radius 3 is 2.95 bits per heavy atom. The van der Waals surface area contributed by atoms with E-state index in [0.717, 1.165) is 23.6 Å². The average molecular weight is 290 g/mol. The summed E-state index contributed by atoms with van der Waals surface area (Å²) in [6.07, 6.45) is 2.13. The van der Waals surface area contributed by atoms with E-state index in [1.807, 2.05) is 12.1 Å². The maximum atomic E-state index is 11.7. The van der Waals surface area contributed by atoms with E-state index in [-0.39, 0.29) is 11.7 Å². The van der Waals surface area contributed by atoms with E-state index in [1.54, 1.807) is 16.3 Å². The number of aromatic amines is 1. The van der Waals surface area contributed by atoms with Crippen molar-refractivity contribution in [3.8, 4) is 0 Å². The van der Waals surface area contributed by atoms with E-state index in [2.05, 4.69) is 29.3 Å². The number of benzene rings is 1. The predicted octanol–water partition coefficient (Wildman–Crippen LogP) is 2.01. The van der Waals surface area contributed by atoms with Crippen LogP contribution in [0.25, 0.3) is 0 Å². The maximum absolute atomic E-state index is 11.7. The Balaban J connectivity index is 1.71. The SMILES string of the molecule is Cc1ccccc1C(N)CSc1n[nH]c(=O)n1C1CC1. The molecule has 1 atom stereocenters. The highest BCUT2D eigenvalue weighted by atomic mass is 32.2. The van der Waals surface area contributed by atoms with Gasteiger partial charge in [-0.1, -0.05) is 36.0 Å². The summed E-state index contributed by atoms with van der Waals surface area (Å²) in [5.41, 5.74) is 8.48. The summed E-state index contributed by atoms with van der Waals surface area (Å²) in [5.74, 6) is 0.710. The number of thioether (sulfide) groups is 1. The monoisotopic (exact) mass is 290 g/mol. The zero-order valence-electron chi connectivity index (χ0n) is 11.4. The molecule has 0 aliphatic heterocycles. The lowest BCUT2D eigenvalue weighted by atomic mass is 10.0. The minimum absolute atomic E-state index is 0.0549. The average Bonchev–Trinajstić information content (AvgIpc) is 3.20. The molecule has 0 amide bonds. The second-order valence-electron chi connectivity index (χ2n) is 5.19. The molecule has 1 aromatic heterocycles. The number of hydrogen-bond acceptors (Lipinski definition) is 4. The van der Waals surface area contributed by atoms with Crippen LogP contribution in [0.15, 0.2) is 34.2 Å². The summed E-state index contributed by atoms with van der Waals surface area (Å²) >= 11 is 1.54. The van der Waals surface area contributed by atoms with Gasteiger partial charge >= 0.3 is 5.69 Å². The molecule has 1 aliphatic carbocycles. The van der Waals surface area contributed by atoms with Crippen molar-refractivity contribution in [1.82, 2.24) is 14.8 Å². The first-order valence-electron chi connectivity index (χ1n) is 6.77. The summed E-state index contributed by atoms with van der Waals surface area (Å²) in [5, 5.41) is 7.38. The molecule has 106 valence electrons. The van der Waals surface area contributed by atoms with Crippen molar-refractivity contribution in [3.05, 3.63) is 45.9 Å². The summed E-state index contributed by atoms with van der Waals surface area (Å²) in [7, 11) is 0. The minimum atomic E-state index is -0.112. The summed E-state index contributed by atoms with van der Waals surface area (Å²) in [6, 6.07) is 8.41. The highest BCUT2D eigenvalue weighted by molar-refractivity contribution is 7.99. The second kappa shape index (κ2) is 5.46. The van der Waals surface area contributed by atoms with Crippen LogP contribution in [0.1, 0.15) is 36.1 Å². The van der Waals surface area contributed by atoms with Crippen molar-refractivity contribution in [2.45, 2.75) is 37.0 Å². The summed E-state index contributed by atoms with van der Waals surface area (Å²) in [4.78, 5) is 11.7. The van der Waals surface area contributed by atoms with E-state index in [0.29, 0.717) is 11.8 Å². The second-order valence-corrected chi connectivity index (χ2v) is 6.17. The molecule has 1 aliphatic rings. The molecule has 6 heteroatoms. The number of hydrogen-bond donors (Lipinski definition) is 2. The lowest BCUT2D eigenvalue weighted by molar-refractivity contribution is 0.641. The van der Waals surface area contributed by atoms with E-state index in [4.69, 9.17) is 5.73 Å². The summed E-state index contributed by atoms with van der Waals surface area (Å²) < 4.78 is 1.76. The third-order valence-corrected chi connectivity index (χ3v) is 4.64. The number of nitrogens with one attached hydrogen (secondary N) is 1. The van der Waals surface area contributed by atoms with E-state index >= 15 is 0 Å². The first-order chi connectivity index (χ1) is 9.66. The molecule has 3 N–H and O–H groups in total. The van der Waals surface area contributed by atoms with E-state index in [1.165, 1.54) is 5.56 Å². The lowest BCUT2D eigenvalue weighted by Gasteiger charge is -2.14. The van der Waals surface area contributed by atoms with Crippen molar-refractivity contribution in [1.29, 1.82) is 0 Å². The molecule has 20 heavy (non-hydrogen) atoms. The van der Waals surface area contributed by atoms with Crippen molar-refractivity contribution in [3.63, 3.8) is 0 Å².